The molecule has 0 N–H and O–H groups in total. The Morgan fingerprint density at radius 3 is 1.38 bits per heavy atom. The summed E-state index contributed by atoms with van der Waals surface area (Å²) < 4.78 is 6.59. The number of rotatable bonds is 8. The van der Waals surface area contributed by atoms with Gasteiger partial charge >= 0.3 is 0 Å². The topological polar surface area (TPSA) is 12.5 Å². The molecule has 0 fully saturated rings. The molecule has 0 radical (unpaired) electrons. The van der Waals surface area contributed by atoms with Gasteiger partial charge in [0.25, 0.3) is 0 Å². The van der Waals surface area contributed by atoms with E-state index in [-0.39, 0.29) is 0 Å². The molecule has 0 saturated carbocycles. The number of benzene rings is 11. The maximum Gasteiger partial charge on any atom is 0.135 e. The number of nitrogens with zero attached hydrogens (tertiary/aromatic N) is 1. The molecular weight excluding hydrogens is 775 g/mol. The second-order valence-electron chi connectivity index (χ2n) is 16.3. The lowest BCUT2D eigenvalue weighted by atomic mass is 9.89. The average molecular weight is 816 g/mol. The fourth-order valence-electron chi connectivity index (χ4n) is 9.81. The van der Waals surface area contributed by atoms with Crippen molar-refractivity contribution in [2.45, 2.75) is 0 Å². The van der Waals surface area contributed by atoms with Crippen LogP contribution < -0.4 is 9.64 Å². The van der Waals surface area contributed by atoms with Crippen LogP contribution in [0.3, 0.4) is 0 Å². The molecule has 11 aromatic carbocycles. The van der Waals surface area contributed by atoms with Gasteiger partial charge in [0.05, 0.1) is 17.1 Å². The van der Waals surface area contributed by atoms with Crippen LogP contribution in [0.15, 0.2) is 249 Å². The first kappa shape index (κ1) is 37.3. The third-order valence-corrected chi connectivity index (χ3v) is 12.7. The minimum absolute atomic E-state index is 0.877. The molecule has 0 aliphatic carbocycles. The molecule has 2 nitrogen and oxygen atoms in total. The molecule has 0 spiro atoms. The van der Waals surface area contributed by atoms with E-state index in [1.54, 1.807) is 0 Å². The van der Waals surface area contributed by atoms with E-state index in [4.69, 9.17) is 4.74 Å². The van der Waals surface area contributed by atoms with Crippen molar-refractivity contribution in [1.29, 1.82) is 0 Å². The Morgan fingerprint density at radius 1 is 0.234 bits per heavy atom. The van der Waals surface area contributed by atoms with Crippen molar-refractivity contribution >= 4 is 38.6 Å². The highest BCUT2D eigenvalue weighted by Crippen LogP contribution is 2.53. The van der Waals surface area contributed by atoms with Crippen LogP contribution in [0.1, 0.15) is 0 Å². The van der Waals surface area contributed by atoms with Crippen molar-refractivity contribution in [3.63, 3.8) is 0 Å². The summed E-state index contributed by atoms with van der Waals surface area (Å²) in [5, 5.41) is 4.71. The lowest BCUT2D eigenvalue weighted by Gasteiger charge is -2.32. The number of anilines is 3. The highest BCUT2D eigenvalue weighted by Gasteiger charge is 2.26. The van der Waals surface area contributed by atoms with Crippen molar-refractivity contribution < 1.29 is 4.74 Å². The lowest BCUT2D eigenvalue weighted by molar-refractivity contribution is 0.487. The van der Waals surface area contributed by atoms with Gasteiger partial charge in [0.15, 0.2) is 0 Å². The third-order valence-electron chi connectivity index (χ3n) is 12.7. The van der Waals surface area contributed by atoms with Crippen LogP contribution in [0, 0.1) is 0 Å². The number of para-hydroxylation sites is 4. The molecule has 0 saturated heterocycles. The molecular formula is C62H41NO. The lowest BCUT2D eigenvalue weighted by Crippen LogP contribution is -2.13. The van der Waals surface area contributed by atoms with Crippen LogP contribution in [0.25, 0.3) is 88.3 Å². The second-order valence-corrected chi connectivity index (χ2v) is 16.3. The average Bonchev–Trinajstić information content (AvgIpc) is 3.37. The number of fused-ring (bicyclic) bond motifs is 3. The molecule has 0 aromatic heterocycles. The largest absolute Gasteiger partial charge is 0.456 e. The molecule has 0 atom stereocenters. The first-order valence-electron chi connectivity index (χ1n) is 21.9. The number of ether oxygens (including phenoxy) is 1. The van der Waals surface area contributed by atoms with E-state index < -0.39 is 0 Å². The molecule has 0 bridgehead atoms. The van der Waals surface area contributed by atoms with E-state index in [1.165, 1.54) is 44.2 Å². The van der Waals surface area contributed by atoms with E-state index in [9.17, 15) is 0 Å². The Balaban J connectivity index is 1.12. The summed E-state index contributed by atoms with van der Waals surface area (Å²) in [6.45, 7) is 0. The van der Waals surface area contributed by atoms with Gasteiger partial charge in [0.1, 0.15) is 11.5 Å². The highest BCUT2D eigenvalue weighted by atomic mass is 16.5. The maximum absolute atomic E-state index is 6.59. The minimum atomic E-state index is 0.877. The van der Waals surface area contributed by atoms with Gasteiger partial charge in [0, 0.05) is 27.6 Å². The van der Waals surface area contributed by atoms with E-state index in [0.717, 1.165) is 72.7 Å². The van der Waals surface area contributed by atoms with Crippen molar-refractivity contribution in [3.05, 3.63) is 249 Å². The Labute approximate surface area is 373 Å². The molecule has 0 unspecified atom stereocenters. The molecule has 12 rings (SSSR count). The zero-order chi connectivity index (χ0) is 42.4. The molecule has 1 aliphatic heterocycles. The molecule has 1 aliphatic rings. The van der Waals surface area contributed by atoms with Gasteiger partial charge in [0.2, 0.25) is 0 Å². The summed E-state index contributed by atoms with van der Waals surface area (Å²) in [6.07, 6.45) is 0. The van der Waals surface area contributed by atoms with Gasteiger partial charge in [-0.2, -0.15) is 0 Å². The Morgan fingerprint density at radius 2 is 0.688 bits per heavy atom. The maximum atomic E-state index is 6.59. The molecule has 1 heterocycles. The summed E-state index contributed by atoms with van der Waals surface area (Å²) in [6, 6.07) is 89.8. The van der Waals surface area contributed by atoms with Crippen LogP contribution in [0.5, 0.6) is 11.5 Å². The fraction of sp³-hybridized carbons (Fsp3) is 0. The third kappa shape index (κ3) is 6.35. The van der Waals surface area contributed by atoms with Gasteiger partial charge in [-0.05, 0) is 97.1 Å². The van der Waals surface area contributed by atoms with E-state index >= 15 is 0 Å². The van der Waals surface area contributed by atoms with Crippen molar-refractivity contribution in [2.24, 2.45) is 0 Å². The van der Waals surface area contributed by atoms with Crippen molar-refractivity contribution in [2.75, 3.05) is 4.90 Å². The second kappa shape index (κ2) is 15.8. The van der Waals surface area contributed by atoms with Crippen LogP contribution in [0.4, 0.5) is 17.1 Å². The number of hydrogen-bond donors (Lipinski definition) is 0. The van der Waals surface area contributed by atoms with Crippen molar-refractivity contribution in [3.8, 4) is 78.3 Å². The minimum Gasteiger partial charge on any atom is -0.456 e. The predicted octanol–water partition coefficient (Wildman–Crippen LogP) is 17.6. The van der Waals surface area contributed by atoms with Crippen LogP contribution >= 0.6 is 0 Å². The standard InChI is InChI=1S/C62H41NO/c1-3-18-42(19-4-1)43-36-38-45(39-37-43)47-24-7-11-32-56(47)63(58-34-13-9-26-51(58)54-29-16-23-46-22-15-28-48(61(46)54)44-20-5-2-6-21-44)57-33-12-8-25-50(57)49-40-41-60-62-53(49)30-17-31-55(62)52-27-10-14-35-59(52)64-60/h1-41H. The summed E-state index contributed by atoms with van der Waals surface area (Å²) in [7, 11) is 0. The van der Waals surface area contributed by atoms with Crippen LogP contribution in [0.2, 0.25) is 0 Å². The quantitative estimate of drug-likeness (QED) is 0.151. The molecule has 11 aromatic rings. The first-order chi connectivity index (χ1) is 31.8. The normalized spacial score (nSPS) is 11.6. The van der Waals surface area contributed by atoms with Gasteiger partial charge in [-0.1, -0.05) is 212 Å². The zero-order valence-corrected chi connectivity index (χ0v) is 35.0. The first-order valence-corrected chi connectivity index (χ1v) is 21.9. The van der Waals surface area contributed by atoms with Crippen molar-refractivity contribution in [1.82, 2.24) is 0 Å². The fourth-order valence-corrected chi connectivity index (χ4v) is 9.81. The Kier molecular flexibility index (Phi) is 9.20. The summed E-state index contributed by atoms with van der Waals surface area (Å²) in [5.74, 6) is 1.76. The predicted molar refractivity (Wildman–Crippen MR) is 269 cm³/mol. The number of hydrogen-bond acceptors (Lipinski definition) is 2. The SMILES string of the molecule is c1ccc(-c2ccc(-c3ccccc3N(c3ccccc3-c3ccc4c5c(cccc35)-c3ccccc3O4)c3ccccc3-c3cccc4cccc(-c5ccccc5)c34)cc2)cc1. The van der Waals surface area contributed by atoms with E-state index in [0.29, 0.717) is 0 Å². The molecule has 0 amide bonds. The molecule has 64 heavy (non-hydrogen) atoms. The smallest absolute Gasteiger partial charge is 0.135 e. The van der Waals surface area contributed by atoms with Gasteiger partial charge in [-0.25, -0.2) is 0 Å². The summed E-state index contributed by atoms with van der Waals surface area (Å²) in [5.41, 5.74) is 17.2. The van der Waals surface area contributed by atoms with Gasteiger partial charge in [-0.3, -0.25) is 0 Å². The summed E-state index contributed by atoms with van der Waals surface area (Å²) in [4.78, 5) is 2.50. The van der Waals surface area contributed by atoms with Gasteiger partial charge in [-0.15, -0.1) is 0 Å². The summed E-state index contributed by atoms with van der Waals surface area (Å²) >= 11 is 0. The van der Waals surface area contributed by atoms with E-state index in [2.05, 4.69) is 248 Å². The molecule has 300 valence electrons. The van der Waals surface area contributed by atoms with Crippen LogP contribution in [-0.4, -0.2) is 0 Å². The van der Waals surface area contributed by atoms with E-state index in [1.807, 2.05) is 6.07 Å². The Hall–Kier alpha value is -8.46. The van der Waals surface area contributed by atoms with Crippen LogP contribution in [-0.2, 0) is 0 Å². The monoisotopic (exact) mass is 815 g/mol. The zero-order valence-electron chi connectivity index (χ0n) is 35.0. The Bertz CT molecular complexity index is 3510. The highest BCUT2D eigenvalue weighted by molar-refractivity contribution is 6.13. The van der Waals surface area contributed by atoms with Gasteiger partial charge < -0.3 is 9.64 Å². The molecule has 2 heteroatoms.